The third kappa shape index (κ3) is 5.28. The predicted molar refractivity (Wildman–Crippen MR) is 88.6 cm³/mol. The second kappa shape index (κ2) is 7.88. The van der Waals surface area contributed by atoms with E-state index in [1.165, 1.54) is 12.1 Å². The van der Waals surface area contributed by atoms with Crippen molar-refractivity contribution in [1.29, 1.82) is 0 Å². The van der Waals surface area contributed by atoms with Crippen molar-refractivity contribution in [2.45, 2.75) is 32.2 Å². The van der Waals surface area contributed by atoms with Gasteiger partial charge in [-0.3, -0.25) is 9.69 Å². The molecule has 0 aromatic heterocycles. The van der Waals surface area contributed by atoms with Gasteiger partial charge in [0.05, 0.1) is 23.7 Å². The Morgan fingerprint density at radius 3 is 2.74 bits per heavy atom. The van der Waals surface area contributed by atoms with Crippen molar-refractivity contribution < 1.29 is 17.6 Å². The van der Waals surface area contributed by atoms with Crippen molar-refractivity contribution in [3.05, 3.63) is 30.1 Å². The highest BCUT2D eigenvalue weighted by Crippen LogP contribution is 2.19. The number of nitrogens with one attached hydrogen (secondary N) is 1. The molecule has 1 atom stereocenters. The summed E-state index contributed by atoms with van der Waals surface area (Å²) >= 11 is 0. The first-order valence-corrected chi connectivity index (χ1v) is 9.72. The lowest BCUT2D eigenvalue weighted by molar-refractivity contribution is -0.117. The minimum absolute atomic E-state index is 0.0779. The Bertz CT molecular complexity index is 648. The van der Waals surface area contributed by atoms with Crippen LogP contribution in [0.25, 0.3) is 0 Å². The number of unbranched alkanes of at least 4 members (excludes halogenated alkanes) is 1. The van der Waals surface area contributed by atoms with Crippen molar-refractivity contribution in [2.24, 2.45) is 0 Å². The molecule has 0 radical (unpaired) electrons. The maximum absolute atomic E-state index is 13.6. The first kappa shape index (κ1) is 17.9. The standard InChI is InChI=1S/C16H23FN2O3S/c1-2-3-9-19(13-8-10-23(21,22)12-13)11-16(20)18-15-7-5-4-6-14(15)17/h4-7,13H,2-3,8-12H2,1H3,(H,18,20). The monoisotopic (exact) mass is 342 g/mol. The van der Waals surface area contributed by atoms with Crippen LogP contribution in [0.15, 0.2) is 24.3 Å². The second-order valence-corrected chi connectivity index (χ2v) is 8.14. The highest BCUT2D eigenvalue weighted by Gasteiger charge is 2.32. The molecule has 2 rings (SSSR count). The van der Waals surface area contributed by atoms with Crippen LogP contribution in [0.5, 0.6) is 0 Å². The Labute approximate surface area is 136 Å². The van der Waals surface area contributed by atoms with Crippen LogP contribution in [0.1, 0.15) is 26.2 Å². The number of nitrogens with zero attached hydrogens (tertiary/aromatic N) is 1. The molecule has 1 aliphatic rings. The number of carbonyl (C=O) groups excluding carboxylic acids is 1. The summed E-state index contributed by atoms with van der Waals surface area (Å²) in [4.78, 5) is 14.1. The number of sulfone groups is 1. The minimum atomic E-state index is -3.00. The number of hydrogen-bond acceptors (Lipinski definition) is 4. The van der Waals surface area contributed by atoms with Crippen molar-refractivity contribution in [3.63, 3.8) is 0 Å². The summed E-state index contributed by atoms with van der Waals surface area (Å²) in [5.74, 6) is -0.529. The molecule has 1 unspecified atom stereocenters. The zero-order valence-electron chi connectivity index (χ0n) is 13.3. The average Bonchev–Trinajstić information content (AvgIpc) is 2.86. The Morgan fingerprint density at radius 1 is 1.39 bits per heavy atom. The molecule has 1 saturated heterocycles. The van der Waals surface area contributed by atoms with Gasteiger partial charge >= 0.3 is 0 Å². The van der Waals surface area contributed by atoms with E-state index in [4.69, 9.17) is 0 Å². The number of benzene rings is 1. The quantitative estimate of drug-likeness (QED) is 0.824. The lowest BCUT2D eigenvalue weighted by atomic mass is 10.2. The van der Waals surface area contributed by atoms with Crippen LogP contribution in [0.3, 0.4) is 0 Å². The summed E-state index contributed by atoms with van der Waals surface area (Å²) in [5.41, 5.74) is 0.145. The van der Waals surface area contributed by atoms with Crippen LogP contribution in [0, 0.1) is 5.82 Å². The molecule has 1 fully saturated rings. The SMILES string of the molecule is CCCCN(CC(=O)Nc1ccccc1F)C1CCS(=O)(=O)C1. The average molecular weight is 342 g/mol. The van der Waals surface area contributed by atoms with Crippen LogP contribution in [-0.4, -0.2) is 49.9 Å². The lowest BCUT2D eigenvalue weighted by Gasteiger charge is -2.27. The molecule has 128 valence electrons. The minimum Gasteiger partial charge on any atom is -0.322 e. The molecular weight excluding hydrogens is 319 g/mol. The van der Waals surface area contributed by atoms with E-state index in [-0.39, 0.29) is 35.7 Å². The third-order valence-electron chi connectivity index (χ3n) is 4.02. The van der Waals surface area contributed by atoms with Crippen molar-refractivity contribution in [1.82, 2.24) is 4.90 Å². The van der Waals surface area contributed by atoms with Gasteiger partial charge in [0.1, 0.15) is 5.82 Å². The van der Waals surface area contributed by atoms with Gasteiger partial charge in [0.2, 0.25) is 5.91 Å². The highest BCUT2D eigenvalue weighted by atomic mass is 32.2. The molecule has 7 heteroatoms. The fourth-order valence-corrected chi connectivity index (χ4v) is 4.51. The molecule has 1 aromatic rings. The molecule has 1 amide bonds. The van der Waals surface area contributed by atoms with Gasteiger partial charge in [0.15, 0.2) is 9.84 Å². The van der Waals surface area contributed by atoms with Crippen LogP contribution in [0.4, 0.5) is 10.1 Å². The topological polar surface area (TPSA) is 66.5 Å². The van der Waals surface area contributed by atoms with Gasteiger partial charge in [-0.05, 0) is 31.5 Å². The van der Waals surface area contributed by atoms with E-state index >= 15 is 0 Å². The molecule has 23 heavy (non-hydrogen) atoms. The maximum atomic E-state index is 13.6. The molecule has 0 saturated carbocycles. The number of hydrogen-bond donors (Lipinski definition) is 1. The van der Waals surface area contributed by atoms with E-state index in [0.717, 1.165) is 12.8 Å². The van der Waals surface area contributed by atoms with Crippen LogP contribution in [-0.2, 0) is 14.6 Å². The molecule has 0 spiro atoms. The first-order valence-electron chi connectivity index (χ1n) is 7.90. The normalized spacial score (nSPS) is 19.9. The zero-order chi connectivity index (χ0) is 16.9. The van der Waals surface area contributed by atoms with Gasteiger partial charge in [0.25, 0.3) is 0 Å². The highest BCUT2D eigenvalue weighted by molar-refractivity contribution is 7.91. The summed E-state index contributed by atoms with van der Waals surface area (Å²) in [5, 5.41) is 2.56. The van der Waals surface area contributed by atoms with Gasteiger partial charge in [-0.15, -0.1) is 0 Å². The van der Waals surface area contributed by atoms with Gasteiger partial charge in [-0.2, -0.15) is 0 Å². The Balaban J connectivity index is 1.99. The van der Waals surface area contributed by atoms with E-state index in [1.807, 2.05) is 11.8 Å². The Kier molecular flexibility index (Phi) is 6.12. The zero-order valence-corrected chi connectivity index (χ0v) is 14.1. The van der Waals surface area contributed by atoms with Crippen molar-refractivity contribution in [2.75, 3.05) is 29.9 Å². The Hall–Kier alpha value is -1.47. The van der Waals surface area contributed by atoms with Gasteiger partial charge in [0, 0.05) is 6.04 Å². The Morgan fingerprint density at radius 2 is 2.13 bits per heavy atom. The largest absolute Gasteiger partial charge is 0.322 e. The van der Waals surface area contributed by atoms with E-state index in [0.29, 0.717) is 13.0 Å². The number of para-hydroxylation sites is 1. The smallest absolute Gasteiger partial charge is 0.238 e. The summed E-state index contributed by atoms with van der Waals surface area (Å²) in [6.45, 7) is 2.79. The van der Waals surface area contributed by atoms with Gasteiger partial charge < -0.3 is 5.32 Å². The van der Waals surface area contributed by atoms with Crippen molar-refractivity contribution in [3.8, 4) is 0 Å². The summed E-state index contributed by atoms with van der Waals surface area (Å²) in [7, 11) is -3.00. The fourth-order valence-electron chi connectivity index (χ4n) is 2.75. The van der Waals surface area contributed by atoms with E-state index in [9.17, 15) is 17.6 Å². The number of anilines is 1. The van der Waals surface area contributed by atoms with Crippen LogP contribution < -0.4 is 5.32 Å². The fraction of sp³-hybridized carbons (Fsp3) is 0.562. The number of amides is 1. The van der Waals surface area contributed by atoms with E-state index in [2.05, 4.69) is 5.32 Å². The molecule has 1 heterocycles. The van der Waals surface area contributed by atoms with Crippen LogP contribution >= 0.6 is 0 Å². The van der Waals surface area contributed by atoms with Gasteiger partial charge in [-0.1, -0.05) is 25.5 Å². The molecule has 1 aliphatic heterocycles. The summed E-state index contributed by atoms with van der Waals surface area (Å²) in [6, 6.07) is 5.87. The van der Waals surface area contributed by atoms with Crippen LogP contribution in [0.2, 0.25) is 0 Å². The van der Waals surface area contributed by atoms with E-state index < -0.39 is 15.7 Å². The maximum Gasteiger partial charge on any atom is 0.238 e. The van der Waals surface area contributed by atoms with Crippen molar-refractivity contribution >= 4 is 21.4 Å². The molecular formula is C16H23FN2O3S. The molecule has 1 N–H and O–H groups in total. The number of rotatable bonds is 7. The predicted octanol–water partition coefficient (Wildman–Crippen LogP) is 2.05. The second-order valence-electron chi connectivity index (χ2n) is 5.91. The summed E-state index contributed by atoms with van der Waals surface area (Å²) in [6.07, 6.45) is 2.41. The molecule has 0 aliphatic carbocycles. The third-order valence-corrected chi connectivity index (χ3v) is 5.77. The van der Waals surface area contributed by atoms with E-state index in [1.54, 1.807) is 12.1 Å². The first-order chi connectivity index (χ1) is 10.9. The number of carbonyl (C=O) groups is 1. The van der Waals surface area contributed by atoms with Gasteiger partial charge in [-0.25, -0.2) is 12.8 Å². The molecule has 0 bridgehead atoms. The molecule has 5 nitrogen and oxygen atoms in total. The lowest BCUT2D eigenvalue weighted by Crippen LogP contribution is -2.42. The molecule has 1 aromatic carbocycles. The summed E-state index contributed by atoms with van der Waals surface area (Å²) < 4.78 is 36.9. The number of halogens is 1.